The van der Waals surface area contributed by atoms with Crippen molar-refractivity contribution in [2.45, 2.75) is 25.7 Å². The van der Waals surface area contributed by atoms with E-state index in [0.29, 0.717) is 47.1 Å². The monoisotopic (exact) mass is 584 g/mol. The van der Waals surface area contributed by atoms with Crippen molar-refractivity contribution >= 4 is 85.3 Å². The van der Waals surface area contributed by atoms with E-state index in [1.165, 1.54) is 0 Å². The van der Waals surface area contributed by atoms with Gasteiger partial charge >= 0.3 is 15.6 Å². The Labute approximate surface area is 201 Å². The number of halogens is 6. The van der Waals surface area contributed by atoms with Crippen LogP contribution in [0, 0.1) is 17.3 Å². The second-order valence-corrected chi connectivity index (χ2v) is 9.93. The molecule has 29 heavy (non-hydrogen) atoms. The lowest BCUT2D eigenvalue weighted by atomic mass is 9.65. The van der Waals surface area contributed by atoms with E-state index in [9.17, 15) is 0 Å². The largest absolute Gasteiger partial charge is 0.466 e. The molecule has 0 aromatic carbocycles. The van der Waals surface area contributed by atoms with Crippen molar-refractivity contribution in [2.75, 3.05) is 35.3 Å². The summed E-state index contributed by atoms with van der Waals surface area (Å²) in [6, 6.07) is 0. The minimum Gasteiger partial charge on any atom is -0.303 e. The van der Waals surface area contributed by atoms with Crippen LogP contribution in [0.3, 0.4) is 0 Å². The lowest BCUT2D eigenvalue weighted by Crippen LogP contribution is -2.43. The molecule has 180 valence electrons. The Morgan fingerprint density at radius 1 is 0.552 bits per heavy atom. The molecule has 0 unspecified atom stereocenters. The summed E-state index contributed by atoms with van der Waals surface area (Å²) in [6.07, 6.45) is 3.48. The number of phosphoric acid groups is 2. The van der Waals surface area contributed by atoms with Crippen LogP contribution in [0.5, 0.6) is 0 Å². The fourth-order valence-corrected chi connectivity index (χ4v) is 4.98. The summed E-state index contributed by atoms with van der Waals surface area (Å²) < 4.78 is 17.8. The molecule has 0 aromatic rings. The molecule has 0 fully saturated rings. The van der Waals surface area contributed by atoms with Gasteiger partial charge in [0.15, 0.2) is 0 Å². The molecule has 0 heterocycles. The van der Waals surface area contributed by atoms with E-state index in [1.807, 2.05) is 0 Å². The lowest BCUT2D eigenvalue weighted by molar-refractivity contribution is 0.110. The van der Waals surface area contributed by atoms with Crippen molar-refractivity contribution in [3.63, 3.8) is 0 Å². The Morgan fingerprint density at radius 2 is 0.724 bits per heavy atom. The first-order chi connectivity index (χ1) is 13.2. The maximum atomic E-state index is 8.88. The third kappa shape index (κ3) is 22.9. The highest BCUT2D eigenvalue weighted by Gasteiger charge is 2.42. The lowest BCUT2D eigenvalue weighted by Gasteiger charge is -2.44. The van der Waals surface area contributed by atoms with Gasteiger partial charge < -0.3 is 29.4 Å². The molecule has 0 aliphatic heterocycles. The maximum Gasteiger partial charge on any atom is 0.466 e. The van der Waals surface area contributed by atoms with Gasteiger partial charge in [-0.15, -0.1) is 69.6 Å². The molecule has 0 spiro atoms. The average molecular weight is 587 g/mol. The third-order valence-electron chi connectivity index (χ3n) is 3.95. The van der Waals surface area contributed by atoms with Gasteiger partial charge in [0.25, 0.3) is 0 Å². The van der Waals surface area contributed by atoms with Gasteiger partial charge in [-0.05, 0) is 37.5 Å². The zero-order valence-electron chi connectivity index (χ0n) is 15.4. The van der Waals surface area contributed by atoms with E-state index in [-0.39, 0.29) is 5.41 Å². The second kappa shape index (κ2) is 19.4. The van der Waals surface area contributed by atoms with E-state index in [0.717, 1.165) is 25.7 Å². The molecule has 6 N–H and O–H groups in total. The van der Waals surface area contributed by atoms with Crippen LogP contribution in [-0.2, 0) is 9.13 Å². The fourth-order valence-electron chi connectivity index (χ4n) is 2.77. The van der Waals surface area contributed by atoms with Crippen LogP contribution in [0.4, 0.5) is 0 Å². The van der Waals surface area contributed by atoms with E-state index >= 15 is 0 Å². The molecule has 0 rings (SSSR count). The summed E-state index contributed by atoms with van der Waals surface area (Å²) in [7, 11) is -9.28. The van der Waals surface area contributed by atoms with Crippen LogP contribution in [0.25, 0.3) is 0 Å². The smallest absolute Gasteiger partial charge is 0.303 e. The summed E-state index contributed by atoms with van der Waals surface area (Å²) >= 11 is 36.3. The van der Waals surface area contributed by atoms with Crippen LogP contribution < -0.4 is 0 Å². The van der Waals surface area contributed by atoms with Crippen molar-refractivity contribution in [1.82, 2.24) is 0 Å². The Kier molecular flexibility index (Phi) is 23.8. The summed E-state index contributed by atoms with van der Waals surface area (Å²) in [5, 5.41) is 0. The fraction of sp³-hybridized carbons (Fsp3) is 1.00. The van der Waals surface area contributed by atoms with E-state index in [4.69, 9.17) is 108 Å². The van der Waals surface area contributed by atoms with Crippen LogP contribution in [0.2, 0.25) is 0 Å². The average Bonchev–Trinajstić information content (AvgIpc) is 2.54. The van der Waals surface area contributed by atoms with E-state index in [2.05, 4.69) is 0 Å². The highest BCUT2D eigenvalue weighted by Crippen LogP contribution is 2.46. The van der Waals surface area contributed by atoms with Crippen LogP contribution >= 0.6 is 85.3 Å². The van der Waals surface area contributed by atoms with Crippen molar-refractivity contribution < 1.29 is 38.5 Å². The SMILES string of the molecule is ClCCC(CCCl)C(CCl)(CCl)C(CCCl)CCCl.O=P(O)(O)O.O=P(O)(O)O. The molecule has 0 atom stereocenters. The molecule has 0 bridgehead atoms. The molecule has 0 amide bonds. The molecule has 0 aliphatic rings. The normalized spacial score (nSPS) is 12.3. The molecule has 0 aromatic heterocycles. The minimum atomic E-state index is -4.64. The summed E-state index contributed by atoms with van der Waals surface area (Å²) in [5.74, 6) is 3.97. The van der Waals surface area contributed by atoms with E-state index < -0.39 is 15.6 Å². The standard InChI is InChI=1S/C13H22Cl6.2H3O4P/c14-5-1-11(2-6-15)13(9-18,10-19)12(3-7-16)4-8-17;2*1-5(2,3)4/h11-12H,1-10H2;2*(H3,1,2,3,4). The first-order valence-electron chi connectivity index (χ1n) is 8.09. The first kappa shape index (κ1) is 35.5. The van der Waals surface area contributed by atoms with Crippen LogP contribution in [0.15, 0.2) is 0 Å². The molecule has 16 heteroatoms. The van der Waals surface area contributed by atoms with E-state index in [1.54, 1.807) is 0 Å². The Morgan fingerprint density at radius 3 is 0.828 bits per heavy atom. The molecule has 0 saturated carbocycles. The van der Waals surface area contributed by atoms with Crippen LogP contribution in [0.1, 0.15) is 25.7 Å². The molecular formula is C13H28Cl6O8P2. The predicted octanol–water partition coefficient (Wildman–Crippen LogP) is 4.34. The predicted molar refractivity (Wildman–Crippen MR) is 121 cm³/mol. The zero-order chi connectivity index (χ0) is 23.7. The summed E-state index contributed by atoms with van der Waals surface area (Å²) in [5.41, 5.74) is -0.184. The zero-order valence-corrected chi connectivity index (χ0v) is 21.7. The van der Waals surface area contributed by atoms with Crippen molar-refractivity contribution in [2.24, 2.45) is 17.3 Å². The van der Waals surface area contributed by atoms with Gasteiger partial charge in [0.2, 0.25) is 0 Å². The topological polar surface area (TPSA) is 156 Å². The number of rotatable bonds is 12. The van der Waals surface area contributed by atoms with Gasteiger partial charge in [0, 0.05) is 40.7 Å². The molecular weight excluding hydrogens is 559 g/mol. The van der Waals surface area contributed by atoms with Crippen molar-refractivity contribution in [3.8, 4) is 0 Å². The third-order valence-corrected chi connectivity index (χ3v) is 5.82. The Hall–Kier alpha value is 1.96. The molecule has 0 saturated heterocycles. The van der Waals surface area contributed by atoms with Gasteiger partial charge in [0.05, 0.1) is 0 Å². The minimum absolute atomic E-state index is 0.184. The molecule has 0 aliphatic carbocycles. The summed E-state index contributed by atoms with van der Waals surface area (Å²) in [4.78, 5) is 43.1. The number of hydrogen-bond acceptors (Lipinski definition) is 2. The number of hydrogen-bond donors (Lipinski definition) is 6. The van der Waals surface area contributed by atoms with Gasteiger partial charge in [-0.1, -0.05) is 0 Å². The number of alkyl halides is 6. The Balaban J connectivity index is -0.000000555. The quantitative estimate of drug-likeness (QED) is 0.146. The van der Waals surface area contributed by atoms with Crippen molar-refractivity contribution in [1.29, 1.82) is 0 Å². The maximum absolute atomic E-state index is 8.88. The molecule has 0 radical (unpaired) electrons. The van der Waals surface area contributed by atoms with Gasteiger partial charge in [-0.25, -0.2) is 9.13 Å². The summed E-state index contributed by atoms with van der Waals surface area (Å²) in [6.45, 7) is 0. The Bertz CT molecular complexity index is 408. The van der Waals surface area contributed by atoms with Gasteiger partial charge in [0.1, 0.15) is 0 Å². The highest BCUT2D eigenvalue weighted by atomic mass is 35.5. The first-order valence-corrected chi connectivity index (χ1v) is 14.4. The van der Waals surface area contributed by atoms with Crippen molar-refractivity contribution in [3.05, 3.63) is 0 Å². The highest BCUT2D eigenvalue weighted by molar-refractivity contribution is 7.45. The molecule has 8 nitrogen and oxygen atoms in total. The van der Waals surface area contributed by atoms with Gasteiger partial charge in [-0.2, -0.15) is 0 Å². The second-order valence-electron chi connectivity index (χ2n) is 5.83. The van der Waals surface area contributed by atoms with Crippen LogP contribution in [-0.4, -0.2) is 64.6 Å². The van der Waals surface area contributed by atoms with Gasteiger partial charge in [-0.3, -0.25) is 0 Å².